The Balaban J connectivity index is 1.91. The summed E-state index contributed by atoms with van der Waals surface area (Å²) in [6.07, 6.45) is 3.03. The summed E-state index contributed by atoms with van der Waals surface area (Å²) in [4.78, 5) is 9.10. The molecular formula is C13H19N3O2S. The minimum atomic E-state index is -2.89. The molecule has 1 saturated heterocycles. The lowest BCUT2D eigenvalue weighted by Crippen LogP contribution is -2.11. The van der Waals surface area contributed by atoms with Gasteiger partial charge in [-0.05, 0) is 26.2 Å². The average Bonchev–Trinajstić information content (AvgIpc) is 3.14. The van der Waals surface area contributed by atoms with Crippen molar-refractivity contribution in [2.45, 2.75) is 38.0 Å². The van der Waals surface area contributed by atoms with Crippen molar-refractivity contribution in [3.8, 4) is 0 Å². The molecule has 0 amide bonds. The first-order valence-electron chi connectivity index (χ1n) is 6.90. The molecule has 2 aliphatic rings. The van der Waals surface area contributed by atoms with Crippen LogP contribution in [0, 0.1) is 0 Å². The van der Waals surface area contributed by atoms with Crippen LogP contribution in [0.1, 0.15) is 49.5 Å². The van der Waals surface area contributed by atoms with Crippen LogP contribution in [-0.2, 0) is 9.84 Å². The summed E-state index contributed by atoms with van der Waals surface area (Å²) in [5.41, 5.74) is 1.07. The second kappa shape index (κ2) is 4.74. The summed E-state index contributed by atoms with van der Waals surface area (Å²) < 4.78 is 23.2. The zero-order valence-corrected chi connectivity index (χ0v) is 11.9. The van der Waals surface area contributed by atoms with E-state index < -0.39 is 9.84 Å². The first-order valence-corrected chi connectivity index (χ1v) is 8.72. The number of hydrogen-bond acceptors (Lipinski definition) is 5. The van der Waals surface area contributed by atoms with E-state index in [9.17, 15) is 8.42 Å². The summed E-state index contributed by atoms with van der Waals surface area (Å²) in [7, 11) is -2.89. The first kappa shape index (κ1) is 12.8. The van der Waals surface area contributed by atoms with Crippen LogP contribution >= 0.6 is 0 Å². The number of aromatic nitrogens is 2. The maximum Gasteiger partial charge on any atom is 0.151 e. The Bertz CT molecular complexity index is 582. The normalized spacial score (nSPS) is 25.4. The maximum absolute atomic E-state index is 11.6. The Morgan fingerprint density at radius 3 is 2.63 bits per heavy atom. The molecule has 1 unspecified atom stereocenters. The molecule has 2 fully saturated rings. The molecule has 2 heterocycles. The van der Waals surface area contributed by atoms with Crippen molar-refractivity contribution >= 4 is 15.7 Å². The van der Waals surface area contributed by atoms with Crippen molar-refractivity contribution < 1.29 is 8.42 Å². The quantitative estimate of drug-likeness (QED) is 0.909. The minimum Gasteiger partial charge on any atom is -0.370 e. The zero-order valence-electron chi connectivity index (χ0n) is 11.1. The van der Waals surface area contributed by atoms with Crippen molar-refractivity contribution in [1.29, 1.82) is 0 Å². The number of nitrogens with zero attached hydrogens (tertiary/aromatic N) is 2. The molecule has 5 nitrogen and oxygen atoms in total. The van der Waals surface area contributed by atoms with Crippen LogP contribution in [0.3, 0.4) is 0 Å². The van der Waals surface area contributed by atoms with Gasteiger partial charge in [-0.1, -0.05) is 0 Å². The van der Waals surface area contributed by atoms with Crippen LogP contribution in [0.2, 0.25) is 0 Å². The number of hydrogen-bond donors (Lipinski definition) is 1. The number of sulfone groups is 1. The third-order valence-electron chi connectivity index (χ3n) is 3.71. The molecule has 1 saturated carbocycles. The highest BCUT2D eigenvalue weighted by molar-refractivity contribution is 7.91. The van der Waals surface area contributed by atoms with E-state index in [1.165, 1.54) is 12.8 Å². The van der Waals surface area contributed by atoms with Crippen molar-refractivity contribution in [2.24, 2.45) is 0 Å². The molecule has 0 bridgehead atoms. The second-order valence-corrected chi connectivity index (χ2v) is 7.67. The lowest BCUT2D eigenvalue weighted by Gasteiger charge is -2.11. The lowest BCUT2D eigenvalue weighted by molar-refractivity contribution is 0.601. The van der Waals surface area contributed by atoms with Gasteiger partial charge >= 0.3 is 0 Å². The molecular weight excluding hydrogens is 262 g/mol. The first-order chi connectivity index (χ1) is 9.07. The van der Waals surface area contributed by atoms with E-state index in [0.717, 1.165) is 18.1 Å². The Morgan fingerprint density at radius 1 is 1.26 bits per heavy atom. The Hall–Kier alpha value is -1.17. The topological polar surface area (TPSA) is 72.0 Å². The SMILES string of the molecule is CCNc1cc(C2CC2)nc(C2CCS(=O)(=O)C2)n1. The largest absolute Gasteiger partial charge is 0.370 e. The second-order valence-electron chi connectivity index (χ2n) is 5.44. The van der Waals surface area contributed by atoms with Gasteiger partial charge in [0.05, 0.1) is 11.5 Å². The summed E-state index contributed by atoms with van der Waals surface area (Å²) >= 11 is 0. The highest BCUT2D eigenvalue weighted by Crippen LogP contribution is 2.40. The van der Waals surface area contributed by atoms with Crippen LogP contribution in [-0.4, -0.2) is 36.4 Å². The average molecular weight is 281 g/mol. The highest BCUT2D eigenvalue weighted by atomic mass is 32.2. The summed E-state index contributed by atoms with van der Waals surface area (Å²) in [6.45, 7) is 2.84. The summed E-state index contributed by atoms with van der Waals surface area (Å²) in [5, 5.41) is 3.21. The van der Waals surface area contributed by atoms with E-state index >= 15 is 0 Å². The van der Waals surface area contributed by atoms with E-state index in [2.05, 4.69) is 15.3 Å². The van der Waals surface area contributed by atoms with Gasteiger partial charge in [-0.2, -0.15) is 0 Å². The van der Waals surface area contributed by atoms with E-state index in [-0.39, 0.29) is 17.4 Å². The Morgan fingerprint density at radius 2 is 2.05 bits per heavy atom. The Kier molecular flexibility index (Phi) is 3.20. The van der Waals surface area contributed by atoms with Gasteiger partial charge < -0.3 is 5.32 Å². The maximum atomic E-state index is 11.6. The number of nitrogens with one attached hydrogen (secondary N) is 1. The standard InChI is InChI=1S/C13H19N3O2S/c1-2-14-12-7-11(9-3-4-9)15-13(16-12)10-5-6-19(17,18)8-10/h7,9-10H,2-6,8H2,1H3,(H,14,15,16). The van der Waals surface area contributed by atoms with Crippen LogP contribution in [0.5, 0.6) is 0 Å². The molecule has 0 aromatic carbocycles. The van der Waals surface area contributed by atoms with Crippen molar-refractivity contribution in [3.63, 3.8) is 0 Å². The van der Waals surface area contributed by atoms with Gasteiger partial charge in [-0.15, -0.1) is 0 Å². The van der Waals surface area contributed by atoms with Crippen LogP contribution in [0.25, 0.3) is 0 Å². The molecule has 1 atom stereocenters. The molecule has 1 aromatic rings. The molecule has 1 aliphatic carbocycles. The van der Waals surface area contributed by atoms with E-state index in [1.807, 2.05) is 13.0 Å². The third-order valence-corrected chi connectivity index (χ3v) is 5.48. The molecule has 1 aromatic heterocycles. The summed E-state index contributed by atoms with van der Waals surface area (Å²) in [6, 6.07) is 2.01. The minimum absolute atomic E-state index is 0.0268. The van der Waals surface area contributed by atoms with E-state index in [1.54, 1.807) is 0 Å². The van der Waals surface area contributed by atoms with Gasteiger partial charge in [0.15, 0.2) is 9.84 Å². The van der Waals surface area contributed by atoms with Crippen molar-refractivity contribution in [2.75, 3.05) is 23.4 Å². The molecule has 3 rings (SSSR count). The van der Waals surface area contributed by atoms with E-state index in [0.29, 0.717) is 18.2 Å². The molecule has 0 radical (unpaired) electrons. The molecule has 104 valence electrons. The predicted octanol–water partition coefficient (Wildman–Crippen LogP) is 1.69. The van der Waals surface area contributed by atoms with Crippen molar-refractivity contribution in [1.82, 2.24) is 9.97 Å². The van der Waals surface area contributed by atoms with Gasteiger partial charge in [0, 0.05) is 30.1 Å². The van der Waals surface area contributed by atoms with Gasteiger partial charge in [0.2, 0.25) is 0 Å². The molecule has 6 heteroatoms. The third kappa shape index (κ3) is 2.88. The fourth-order valence-electron chi connectivity index (χ4n) is 2.53. The van der Waals surface area contributed by atoms with Crippen LogP contribution in [0.15, 0.2) is 6.07 Å². The molecule has 0 spiro atoms. The Labute approximate surface area is 113 Å². The zero-order chi connectivity index (χ0) is 13.5. The van der Waals surface area contributed by atoms with Gasteiger partial charge in [0.1, 0.15) is 11.6 Å². The fraction of sp³-hybridized carbons (Fsp3) is 0.692. The van der Waals surface area contributed by atoms with Gasteiger partial charge in [-0.25, -0.2) is 18.4 Å². The van der Waals surface area contributed by atoms with Crippen LogP contribution < -0.4 is 5.32 Å². The van der Waals surface area contributed by atoms with E-state index in [4.69, 9.17) is 0 Å². The molecule has 1 aliphatic heterocycles. The van der Waals surface area contributed by atoms with Crippen molar-refractivity contribution in [3.05, 3.63) is 17.6 Å². The fourth-order valence-corrected chi connectivity index (χ4v) is 4.27. The highest BCUT2D eigenvalue weighted by Gasteiger charge is 2.33. The smallest absolute Gasteiger partial charge is 0.151 e. The van der Waals surface area contributed by atoms with Crippen LogP contribution in [0.4, 0.5) is 5.82 Å². The van der Waals surface area contributed by atoms with Gasteiger partial charge in [-0.3, -0.25) is 0 Å². The lowest BCUT2D eigenvalue weighted by atomic mass is 10.1. The summed E-state index contributed by atoms with van der Waals surface area (Å²) in [5.74, 6) is 2.54. The monoisotopic (exact) mass is 281 g/mol. The predicted molar refractivity (Wildman–Crippen MR) is 74.2 cm³/mol. The van der Waals surface area contributed by atoms with Gasteiger partial charge in [0.25, 0.3) is 0 Å². The number of anilines is 1. The number of rotatable bonds is 4. The molecule has 19 heavy (non-hydrogen) atoms. The molecule has 1 N–H and O–H groups in total.